The maximum absolute atomic E-state index is 9.95. The van der Waals surface area contributed by atoms with Gasteiger partial charge < -0.3 is 40.1 Å². The van der Waals surface area contributed by atoms with E-state index in [0.29, 0.717) is 0 Å². The zero-order valence-electron chi connectivity index (χ0n) is 12.3. The summed E-state index contributed by atoms with van der Waals surface area (Å²) in [6.07, 6.45) is -8.64. The van der Waals surface area contributed by atoms with Crippen LogP contribution < -0.4 is 0 Å². The zero-order chi connectivity index (χ0) is 17.1. The maximum atomic E-state index is 9.95. The molecule has 1 saturated heterocycles. The van der Waals surface area contributed by atoms with Crippen LogP contribution in [0.1, 0.15) is 12.8 Å². The summed E-state index contributed by atoms with van der Waals surface area (Å²) in [5.74, 6) is 0. The Morgan fingerprint density at radius 2 is 1.78 bits per heavy atom. The molecule has 0 bridgehead atoms. The summed E-state index contributed by atoms with van der Waals surface area (Å²) in [5.41, 5.74) is 0.0926. The van der Waals surface area contributed by atoms with Crippen molar-refractivity contribution in [1.82, 2.24) is 0 Å². The predicted molar refractivity (Wildman–Crippen MR) is 73.6 cm³/mol. The highest BCUT2D eigenvalue weighted by molar-refractivity contribution is 5.26. The molecule has 0 aromatic carbocycles. The van der Waals surface area contributed by atoms with E-state index in [2.05, 4.69) is 0 Å². The quantitative estimate of drug-likeness (QED) is 0.298. The van der Waals surface area contributed by atoms with Crippen LogP contribution in [0.2, 0.25) is 0 Å². The minimum absolute atomic E-state index is 0.0754. The first kappa shape index (κ1) is 18.3. The lowest BCUT2D eigenvalue weighted by Crippen LogP contribution is -2.53. The van der Waals surface area contributed by atoms with Crippen molar-refractivity contribution in [2.45, 2.75) is 61.9 Å². The summed E-state index contributed by atoms with van der Waals surface area (Å²) in [5, 5.41) is 66.7. The molecule has 1 heterocycles. The van der Waals surface area contributed by atoms with Gasteiger partial charge in [-0.25, -0.2) is 0 Å². The number of nitriles is 1. The third-order valence-corrected chi connectivity index (χ3v) is 4.15. The van der Waals surface area contributed by atoms with Gasteiger partial charge in [0.2, 0.25) is 0 Å². The molecule has 2 aliphatic rings. The number of ether oxygens (including phenoxy) is 2. The molecule has 0 aromatic heterocycles. The van der Waals surface area contributed by atoms with E-state index >= 15 is 0 Å². The second-order valence-electron chi connectivity index (χ2n) is 5.72. The Labute approximate surface area is 132 Å². The van der Waals surface area contributed by atoms with Crippen LogP contribution in [0.5, 0.6) is 0 Å². The van der Waals surface area contributed by atoms with Gasteiger partial charge >= 0.3 is 0 Å². The molecule has 0 aromatic rings. The first-order valence-corrected chi connectivity index (χ1v) is 7.30. The van der Waals surface area contributed by atoms with E-state index in [4.69, 9.17) is 19.8 Å². The zero-order valence-corrected chi connectivity index (χ0v) is 12.3. The topological polar surface area (TPSA) is 164 Å². The number of hydrogen-bond acceptors (Lipinski definition) is 9. The Bertz CT molecular complexity index is 478. The molecule has 9 nitrogen and oxygen atoms in total. The molecule has 1 aliphatic heterocycles. The molecule has 9 heteroatoms. The van der Waals surface area contributed by atoms with Gasteiger partial charge in [0.15, 0.2) is 6.29 Å². The van der Waals surface area contributed by atoms with Gasteiger partial charge in [0.05, 0.1) is 31.0 Å². The molecule has 6 N–H and O–H groups in total. The molecule has 0 unspecified atom stereocenters. The van der Waals surface area contributed by atoms with E-state index in [0.717, 1.165) is 6.08 Å². The molecule has 8 atom stereocenters. The molecule has 2 rings (SSSR count). The molecule has 0 amide bonds. The van der Waals surface area contributed by atoms with Crippen molar-refractivity contribution in [3.63, 3.8) is 0 Å². The van der Waals surface area contributed by atoms with Gasteiger partial charge in [-0.2, -0.15) is 5.26 Å². The molecular weight excluding hydrogens is 310 g/mol. The summed E-state index contributed by atoms with van der Waals surface area (Å²) < 4.78 is 10.9. The molecule has 1 saturated carbocycles. The van der Waals surface area contributed by atoms with Gasteiger partial charge in [0.25, 0.3) is 0 Å². The third kappa shape index (κ3) is 3.88. The van der Waals surface area contributed by atoms with E-state index in [1.165, 1.54) is 0 Å². The highest BCUT2D eigenvalue weighted by atomic mass is 16.7. The molecule has 23 heavy (non-hydrogen) atoms. The smallest absolute Gasteiger partial charge is 0.161 e. The lowest BCUT2D eigenvalue weighted by molar-refractivity contribution is -0.271. The fraction of sp³-hybridized carbons (Fsp3) is 0.786. The van der Waals surface area contributed by atoms with Crippen LogP contribution in [-0.2, 0) is 9.47 Å². The van der Waals surface area contributed by atoms with Crippen molar-refractivity contribution < 1.29 is 40.1 Å². The lowest BCUT2D eigenvalue weighted by Gasteiger charge is -2.41. The highest BCUT2D eigenvalue weighted by Crippen LogP contribution is 2.31. The van der Waals surface area contributed by atoms with Crippen LogP contribution in [0.4, 0.5) is 0 Å². The summed E-state index contributed by atoms with van der Waals surface area (Å²) in [6, 6.07) is 1.74. The van der Waals surface area contributed by atoms with Crippen molar-refractivity contribution in [3.05, 3.63) is 11.6 Å². The molecule has 130 valence electrons. The van der Waals surface area contributed by atoms with Gasteiger partial charge in [0, 0.05) is 24.5 Å². The van der Waals surface area contributed by atoms with Gasteiger partial charge in [-0.1, -0.05) is 0 Å². The summed E-state index contributed by atoms with van der Waals surface area (Å²) in [4.78, 5) is 0. The van der Waals surface area contributed by atoms with E-state index in [1.807, 2.05) is 0 Å². The van der Waals surface area contributed by atoms with Crippen LogP contribution >= 0.6 is 0 Å². The lowest BCUT2D eigenvalue weighted by atomic mass is 9.85. The average Bonchev–Trinajstić information content (AvgIpc) is 2.52. The van der Waals surface area contributed by atoms with E-state index in [-0.39, 0.29) is 18.4 Å². The van der Waals surface area contributed by atoms with Crippen molar-refractivity contribution in [2.24, 2.45) is 0 Å². The molecule has 0 radical (unpaired) electrons. The van der Waals surface area contributed by atoms with Crippen LogP contribution in [0.25, 0.3) is 0 Å². The molecular formula is C14H21NO8. The van der Waals surface area contributed by atoms with Gasteiger partial charge in [-0.3, -0.25) is 0 Å². The van der Waals surface area contributed by atoms with Crippen LogP contribution in [0.15, 0.2) is 11.6 Å². The molecule has 0 spiro atoms. The highest BCUT2D eigenvalue weighted by Gasteiger charge is 2.43. The van der Waals surface area contributed by atoms with Crippen molar-refractivity contribution >= 4 is 0 Å². The Kier molecular flexibility index (Phi) is 6.07. The Balaban J connectivity index is 2.11. The van der Waals surface area contributed by atoms with Crippen molar-refractivity contribution in [1.29, 1.82) is 5.26 Å². The third-order valence-electron chi connectivity index (χ3n) is 4.15. The summed E-state index contributed by atoms with van der Waals surface area (Å²) >= 11 is 0. The number of rotatable bonds is 3. The normalized spacial score (nSPS) is 46.6. The Morgan fingerprint density at radius 1 is 1.13 bits per heavy atom. The maximum Gasteiger partial charge on any atom is 0.161 e. The molecule has 1 aliphatic carbocycles. The minimum Gasteiger partial charge on any atom is -0.394 e. The Morgan fingerprint density at radius 3 is 2.39 bits per heavy atom. The van der Waals surface area contributed by atoms with Crippen LogP contribution in [0.3, 0.4) is 0 Å². The fourth-order valence-corrected chi connectivity index (χ4v) is 2.82. The monoisotopic (exact) mass is 331 g/mol. The standard InChI is InChI=1S/C14H21NO8/c15-2-1-6-9(3-7(17)14(21)12(6)19)22-11-4-8(18)13(20)10(5-16)23-11/h1,7-14,16-21H,3-5H2/b6-1+/t7-,8+,9+,10+,11+,12-,13-,14-/m0/s1. The van der Waals surface area contributed by atoms with E-state index < -0.39 is 55.6 Å². The Hall–Kier alpha value is -1.09. The predicted octanol–water partition coefficient (Wildman–Crippen LogP) is -2.86. The van der Waals surface area contributed by atoms with Crippen molar-refractivity contribution in [2.75, 3.05) is 6.61 Å². The van der Waals surface area contributed by atoms with Crippen molar-refractivity contribution in [3.8, 4) is 6.07 Å². The number of aliphatic hydroxyl groups is 6. The van der Waals surface area contributed by atoms with Crippen LogP contribution in [-0.4, -0.2) is 86.3 Å². The number of nitrogens with zero attached hydrogens (tertiary/aromatic N) is 1. The number of allylic oxidation sites excluding steroid dienone is 1. The SMILES string of the molecule is N#C/C=C1\[C@H](O[C@H]2C[C@@H](O)[C@H](O)[C@@H](CO)O2)C[C@H](O)[C@H](O)[C@H]1O. The van der Waals surface area contributed by atoms with Gasteiger partial charge in [-0.15, -0.1) is 0 Å². The second-order valence-corrected chi connectivity index (χ2v) is 5.72. The minimum atomic E-state index is -1.46. The van der Waals surface area contributed by atoms with Gasteiger partial charge in [0.1, 0.15) is 24.4 Å². The van der Waals surface area contributed by atoms with Gasteiger partial charge in [-0.05, 0) is 0 Å². The van der Waals surface area contributed by atoms with E-state index in [1.54, 1.807) is 6.07 Å². The number of aliphatic hydroxyl groups excluding tert-OH is 6. The average molecular weight is 331 g/mol. The van der Waals surface area contributed by atoms with Crippen LogP contribution in [0, 0.1) is 11.3 Å². The van der Waals surface area contributed by atoms with E-state index in [9.17, 15) is 25.5 Å². The second kappa shape index (κ2) is 7.65. The number of hydrogen-bond donors (Lipinski definition) is 6. The largest absolute Gasteiger partial charge is 0.394 e. The fourth-order valence-electron chi connectivity index (χ4n) is 2.82. The first-order chi connectivity index (χ1) is 10.9. The molecule has 2 fully saturated rings. The summed E-state index contributed by atoms with van der Waals surface area (Å²) in [7, 11) is 0. The summed E-state index contributed by atoms with van der Waals surface area (Å²) in [6.45, 7) is -0.520. The first-order valence-electron chi connectivity index (χ1n) is 7.30.